The molecule has 2 aliphatic rings. The van der Waals surface area contributed by atoms with Gasteiger partial charge in [-0.25, -0.2) is 13.2 Å². The van der Waals surface area contributed by atoms with Crippen LogP contribution in [0.15, 0.2) is 48.7 Å². The molecule has 2 fully saturated rings. The van der Waals surface area contributed by atoms with E-state index in [-0.39, 0.29) is 30.2 Å². The molecule has 152 valence electrons. The van der Waals surface area contributed by atoms with Gasteiger partial charge in [0.1, 0.15) is 11.5 Å². The number of benzene rings is 1. The van der Waals surface area contributed by atoms with Gasteiger partial charge < -0.3 is 4.90 Å². The molecule has 1 amide bonds. The van der Waals surface area contributed by atoms with Gasteiger partial charge in [-0.2, -0.15) is 0 Å². The van der Waals surface area contributed by atoms with E-state index >= 15 is 0 Å². The van der Waals surface area contributed by atoms with Crippen LogP contribution in [0.1, 0.15) is 42.6 Å². The molecule has 2 heterocycles. The number of alkyl halides is 2. The summed E-state index contributed by atoms with van der Waals surface area (Å²) in [6.45, 7) is 0.307. The summed E-state index contributed by atoms with van der Waals surface area (Å²) in [5.41, 5.74) is -0.435. The zero-order valence-electron chi connectivity index (χ0n) is 15.8. The molecule has 0 N–H and O–H groups in total. The topological polar surface area (TPSA) is 50.3 Å². The summed E-state index contributed by atoms with van der Waals surface area (Å²) in [6, 6.07) is 10.4. The molecule has 1 aromatic carbocycles. The highest BCUT2D eigenvalue weighted by Gasteiger charge is 2.57. The first kappa shape index (κ1) is 19.6. The van der Waals surface area contributed by atoms with Crippen molar-refractivity contribution in [3.8, 4) is 0 Å². The number of hydrogen-bond acceptors (Lipinski definition) is 3. The quantitative estimate of drug-likeness (QED) is 0.700. The van der Waals surface area contributed by atoms with Crippen LogP contribution < -0.4 is 4.90 Å². The van der Waals surface area contributed by atoms with Crippen molar-refractivity contribution in [1.29, 1.82) is 0 Å². The van der Waals surface area contributed by atoms with Crippen molar-refractivity contribution in [3.05, 3.63) is 60.2 Å². The third-order valence-corrected chi connectivity index (χ3v) is 5.94. The molecule has 4 rings (SSSR count). The number of pyridine rings is 1. The van der Waals surface area contributed by atoms with Crippen molar-refractivity contribution in [2.24, 2.45) is 11.3 Å². The molecule has 1 saturated heterocycles. The van der Waals surface area contributed by atoms with Gasteiger partial charge in [-0.3, -0.25) is 14.6 Å². The van der Waals surface area contributed by atoms with E-state index < -0.39 is 35.9 Å². The van der Waals surface area contributed by atoms with Gasteiger partial charge in [0.15, 0.2) is 5.78 Å². The number of hydrogen-bond donors (Lipinski definition) is 0. The predicted molar refractivity (Wildman–Crippen MR) is 101 cm³/mol. The highest BCUT2D eigenvalue weighted by molar-refractivity contribution is 6.00. The van der Waals surface area contributed by atoms with Crippen LogP contribution in [0.4, 0.5) is 18.9 Å². The third kappa shape index (κ3) is 3.91. The lowest BCUT2D eigenvalue weighted by atomic mass is 9.66. The monoisotopic (exact) mass is 402 g/mol. The summed E-state index contributed by atoms with van der Waals surface area (Å²) in [5, 5.41) is 0. The van der Waals surface area contributed by atoms with Crippen LogP contribution in [0.2, 0.25) is 0 Å². The van der Waals surface area contributed by atoms with Gasteiger partial charge in [0, 0.05) is 37.7 Å². The molecule has 1 spiro atoms. The van der Waals surface area contributed by atoms with Gasteiger partial charge in [0.25, 0.3) is 0 Å². The number of ketones is 1. The van der Waals surface area contributed by atoms with E-state index in [9.17, 15) is 22.8 Å². The normalized spacial score (nSPS) is 26.1. The molecule has 7 heteroatoms. The van der Waals surface area contributed by atoms with Crippen molar-refractivity contribution in [2.75, 3.05) is 11.4 Å². The average molecular weight is 402 g/mol. The predicted octanol–water partition coefficient (Wildman–Crippen LogP) is 4.65. The Labute approximate surface area is 166 Å². The van der Waals surface area contributed by atoms with Crippen LogP contribution >= 0.6 is 0 Å². The number of halogens is 3. The molecule has 0 unspecified atom stereocenters. The number of aromatic nitrogens is 1. The molecule has 1 aromatic heterocycles. The van der Waals surface area contributed by atoms with E-state index in [0.717, 1.165) is 0 Å². The second kappa shape index (κ2) is 7.28. The van der Waals surface area contributed by atoms with Crippen LogP contribution in [-0.4, -0.2) is 29.1 Å². The molecule has 1 aliphatic carbocycles. The average Bonchev–Trinajstić information content (AvgIpc) is 2.97. The van der Waals surface area contributed by atoms with Crippen LogP contribution in [0.25, 0.3) is 0 Å². The smallest absolute Gasteiger partial charge is 0.249 e. The first-order valence-corrected chi connectivity index (χ1v) is 9.68. The second-order valence-corrected chi connectivity index (χ2v) is 8.11. The van der Waals surface area contributed by atoms with Crippen molar-refractivity contribution in [3.63, 3.8) is 0 Å². The fourth-order valence-corrected chi connectivity index (χ4v) is 4.77. The Balaban J connectivity index is 1.54. The maximum Gasteiger partial charge on any atom is 0.249 e. The Hall–Kier alpha value is -2.70. The van der Waals surface area contributed by atoms with Gasteiger partial charge in [-0.15, -0.1) is 0 Å². The lowest BCUT2D eigenvalue weighted by molar-refractivity contribution is -0.143. The zero-order chi connectivity index (χ0) is 20.6. The number of Topliss-reactive ketones (excluding diaryl/α,β-unsaturated/α-hetero) is 1. The second-order valence-electron chi connectivity index (χ2n) is 8.11. The number of amides is 1. The molecule has 2 atom stereocenters. The third-order valence-electron chi connectivity index (χ3n) is 5.94. The van der Waals surface area contributed by atoms with Crippen LogP contribution in [0, 0.1) is 17.2 Å². The SMILES string of the molecule is O=C(C[C@@H]1CC(F)(F)C[C@@]2(CCN(c3ccc(F)cc3)C2=O)C1)c1ccccn1. The fourth-order valence-electron chi connectivity index (χ4n) is 4.77. The number of rotatable bonds is 4. The number of carbonyl (C=O) groups is 2. The van der Waals surface area contributed by atoms with E-state index in [1.54, 1.807) is 18.2 Å². The van der Waals surface area contributed by atoms with Crippen molar-refractivity contribution in [1.82, 2.24) is 4.98 Å². The summed E-state index contributed by atoms with van der Waals surface area (Å²) in [7, 11) is 0. The maximum atomic E-state index is 14.6. The number of carbonyl (C=O) groups excluding carboxylic acids is 2. The summed E-state index contributed by atoms with van der Waals surface area (Å²) in [5.74, 6) is -4.68. The molecule has 1 aliphatic heterocycles. The first-order chi connectivity index (χ1) is 13.8. The fraction of sp³-hybridized carbons (Fsp3) is 0.409. The highest BCUT2D eigenvalue weighted by Crippen LogP contribution is 2.53. The minimum Gasteiger partial charge on any atom is -0.312 e. The van der Waals surface area contributed by atoms with E-state index in [1.165, 1.54) is 35.4 Å². The minimum atomic E-state index is -3.01. The van der Waals surface area contributed by atoms with E-state index in [0.29, 0.717) is 18.7 Å². The highest BCUT2D eigenvalue weighted by atomic mass is 19.3. The van der Waals surface area contributed by atoms with Crippen LogP contribution in [0.3, 0.4) is 0 Å². The minimum absolute atomic E-state index is 0.0574. The molecule has 4 nitrogen and oxygen atoms in total. The lowest BCUT2D eigenvalue weighted by Crippen LogP contribution is -2.45. The van der Waals surface area contributed by atoms with E-state index in [4.69, 9.17) is 0 Å². The van der Waals surface area contributed by atoms with Crippen LogP contribution in [0.5, 0.6) is 0 Å². The summed E-state index contributed by atoms with van der Waals surface area (Å²) in [4.78, 5) is 31.1. The standard InChI is InChI=1S/C22H21F3N2O2/c23-16-4-6-17(7-5-16)27-10-8-21(20(27)29)12-15(13-22(24,25)14-21)11-19(28)18-3-1-2-9-26-18/h1-7,9,15H,8,10-14H2/t15-,21+/m0/s1. The van der Waals surface area contributed by atoms with E-state index in [1.807, 2.05) is 0 Å². The summed E-state index contributed by atoms with van der Waals surface area (Å²) >= 11 is 0. The largest absolute Gasteiger partial charge is 0.312 e. The Morgan fingerprint density at radius 3 is 2.59 bits per heavy atom. The Kier molecular flexibility index (Phi) is 4.92. The summed E-state index contributed by atoms with van der Waals surface area (Å²) in [6.07, 6.45) is 1.07. The first-order valence-electron chi connectivity index (χ1n) is 9.68. The molecule has 0 radical (unpaired) electrons. The maximum absolute atomic E-state index is 14.6. The molecule has 1 saturated carbocycles. The van der Waals surface area contributed by atoms with E-state index in [2.05, 4.69) is 4.98 Å². The molecular weight excluding hydrogens is 381 g/mol. The molecular formula is C22H21F3N2O2. The Morgan fingerprint density at radius 2 is 1.90 bits per heavy atom. The van der Waals surface area contributed by atoms with Gasteiger partial charge in [-0.1, -0.05) is 6.07 Å². The van der Waals surface area contributed by atoms with Crippen molar-refractivity contribution < 1.29 is 22.8 Å². The van der Waals surface area contributed by atoms with Gasteiger partial charge >= 0.3 is 0 Å². The van der Waals surface area contributed by atoms with Crippen molar-refractivity contribution >= 4 is 17.4 Å². The molecule has 2 aromatic rings. The number of nitrogens with zero attached hydrogens (tertiary/aromatic N) is 2. The summed E-state index contributed by atoms with van der Waals surface area (Å²) < 4.78 is 42.4. The molecule has 29 heavy (non-hydrogen) atoms. The number of anilines is 1. The van der Waals surface area contributed by atoms with Gasteiger partial charge in [0.2, 0.25) is 11.8 Å². The van der Waals surface area contributed by atoms with Crippen molar-refractivity contribution in [2.45, 2.75) is 38.0 Å². The lowest BCUT2D eigenvalue weighted by Gasteiger charge is -2.40. The zero-order valence-corrected chi connectivity index (χ0v) is 15.8. The van der Waals surface area contributed by atoms with Gasteiger partial charge in [0.05, 0.1) is 5.41 Å². The Bertz CT molecular complexity index is 917. The van der Waals surface area contributed by atoms with Crippen LogP contribution in [-0.2, 0) is 4.79 Å². The van der Waals surface area contributed by atoms with Gasteiger partial charge in [-0.05, 0) is 55.2 Å². The molecule has 0 bridgehead atoms. The Morgan fingerprint density at radius 1 is 1.14 bits per heavy atom.